The van der Waals surface area contributed by atoms with Gasteiger partial charge in [0.25, 0.3) is 0 Å². The molecule has 0 aromatic heterocycles. The third-order valence-corrected chi connectivity index (χ3v) is 2.13. The predicted molar refractivity (Wildman–Crippen MR) is 56.2 cm³/mol. The van der Waals surface area contributed by atoms with Crippen molar-refractivity contribution in [2.45, 2.75) is 51.7 Å². The number of rotatable bonds is 1. The van der Waals surface area contributed by atoms with Crippen molar-refractivity contribution in [1.29, 1.82) is 0 Å². The molecule has 5 nitrogen and oxygen atoms in total. The quantitative estimate of drug-likeness (QED) is 0.517. The van der Waals surface area contributed by atoms with Crippen LogP contribution in [0.5, 0.6) is 0 Å². The summed E-state index contributed by atoms with van der Waals surface area (Å²) in [6.07, 6.45) is 1.73. The monoisotopic (exact) mass is 214 g/mol. The fraction of sp³-hybridized carbons (Fsp3) is 0.800. The first kappa shape index (κ1) is 11.8. The van der Waals surface area contributed by atoms with Gasteiger partial charge in [0.2, 0.25) is 0 Å². The number of hydrogen-bond donors (Lipinski definition) is 2. The van der Waals surface area contributed by atoms with E-state index in [2.05, 4.69) is 10.5 Å². The summed E-state index contributed by atoms with van der Waals surface area (Å²) >= 11 is 0. The Bertz CT molecular complexity index is 268. The van der Waals surface area contributed by atoms with Crippen molar-refractivity contribution < 1.29 is 14.7 Å². The molecule has 0 spiro atoms. The van der Waals surface area contributed by atoms with Gasteiger partial charge in [0.15, 0.2) is 0 Å². The predicted octanol–water partition coefficient (Wildman–Crippen LogP) is 1.89. The fourth-order valence-corrected chi connectivity index (χ4v) is 1.52. The normalized spacial score (nSPS) is 24.2. The molecule has 1 saturated carbocycles. The van der Waals surface area contributed by atoms with E-state index < -0.39 is 11.7 Å². The maximum atomic E-state index is 11.4. The third-order valence-electron chi connectivity index (χ3n) is 2.13. The van der Waals surface area contributed by atoms with Crippen LogP contribution in [0, 0.1) is 0 Å². The Morgan fingerprint density at radius 3 is 2.73 bits per heavy atom. The average molecular weight is 214 g/mol. The van der Waals surface area contributed by atoms with Gasteiger partial charge < -0.3 is 15.3 Å². The Morgan fingerprint density at radius 2 is 2.27 bits per heavy atom. The standard InChI is InChI=1S/C10H18N2O3/c1-10(2,3)15-9(13)11-7-4-5-8(6-7)12-14/h7,14H,4-6H2,1-3H3,(H,11,13)/b12-8+. The molecule has 0 aliphatic heterocycles. The van der Waals surface area contributed by atoms with Gasteiger partial charge in [0.05, 0.1) is 5.71 Å². The molecule has 0 bridgehead atoms. The number of nitrogens with one attached hydrogen (secondary N) is 1. The van der Waals surface area contributed by atoms with Crippen molar-refractivity contribution in [2.75, 3.05) is 0 Å². The second kappa shape index (κ2) is 4.51. The van der Waals surface area contributed by atoms with Gasteiger partial charge in [-0.1, -0.05) is 5.16 Å². The number of ether oxygens (including phenoxy) is 1. The van der Waals surface area contributed by atoms with Crippen molar-refractivity contribution in [2.24, 2.45) is 5.16 Å². The number of oxime groups is 1. The van der Waals surface area contributed by atoms with Gasteiger partial charge in [-0.25, -0.2) is 4.79 Å². The number of amides is 1. The molecule has 86 valence electrons. The van der Waals surface area contributed by atoms with Crippen molar-refractivity contribution in [3.63, 3.8) is 0 Å². The van der Waals surface area contributed by atoms with Crippen LogP contribution in [-0.4, -0.2) is 28.7 Å². The molecular weight excluding hydrogens is 196 g/mol. The van der Waals surface area contributed by atoms with E-state index in [1.165, 1.54) is 0 Å². The van der Waals surface area contributed by atoms with E-state index in [-0.39, 0.29) is 6.04 Å². The summed E-state index contributed by atoms with van der Waals surface area (Å²) in [6, 6.07) is 0.0331. The number of nitrogens with zero attached hydrogens (tertiary/aromatic N) is 1. The number of carbonyl (C=O) groups is 1. The second-order valence-electron chi connectivity index (χ2n) is 4.75. The van der Waals surface area contributed by atoms with Gasteiger partial charge in [-0.05, 0) is 33.6 Å². The van der Waals surface area contributed by atoms with Crippen LogP contribution in [0.15, 0.2) is 5.16 Å². The highest BCUT2D eigenvalue weighted by molar-refractivity contribution is 5.87. The molecule has 1 rings (SSSR count). The van der Waals surface area contributed by atoms with E-state index in [0.29, 0.717) is 6.42 Å². The van der Waals surface area contributed by atoms with E-state index in [9.17, 15) is 4.79 Å². The van der Waals surface area contributed by atoms with Gasteiger partial charge in [-0.2, -0.15) is 0 Å². The lowest BCUT2D eigenvalue weighted by Gasteiger charge is -2.21. The third kappa shape index (κ3) is 4.18. The molecule has 1 amide bonds. The van der Waals surface area contributed by atoms with Gasteiger partial charge in [-0.3, -0.25) is 0 Å². The molecule has 1 aliphatic carbocycles. The Balaban J connectivity index is 2.34. The highest BCUT2D eigenvalue weighted by Crippen LogP contribution is 2.16. The van der Waals surface area contributed by atoms with E-state index in [0.717, 1.165) is 18.6 Å². The number of hydrogen-bond acceptors (Lipinski definition) is 4. The molecular formula is C10H18N2O3. The number of carbonyl (C=O) groups excluding carboxylic acids is 1. The summed E-state index contributed by atoms with van der Waals surface area (Å²) in [5.41, 5.74) is 0.257. The Hall–Kier alpha value is -1.26. The molecule has 1 unspecified atom stereocenters. The summed E-state index contributed by atoms with van der Waals surface area (Å²) in [5.74, 6) is 0. The maximum Gasteiger partial charge on any atom is 0.407 e. The van der Waals surface area contributed by atoms with E-state index in [1.807, 2.05) is 20.8 Å². The smallest absolute Gasteiger partial charge is 0.407 e. The van der Waals surface area contributed by atoms with Gasteiger partial charge >= 0.3 is 6.09 Å². The van der Waals surface area contributed by atoms with E-state index in [1.54, 1.807) is 0 Å². The molecule has 1 aliphatic rings. The van der Waals surface area contributed by atoms with Crippen LogP contribution in [-0.2, 0) is 4.74 Å². The highest BCUT2D eigenvalue weighted by atomic mass is 16.6. The van der Waals surface area contributed by atoms with Crippen LogP contribution < -0.4 is 5.32 Å². The lowest BCUT2D eigenvalue weighted by Crippen LogP contribution is -2.37. The zero-order chi connectivity index (χ0) is 11.5. The van der Waals surface area contributed by atoms with Gasteiger partial charge in [-0.15, -0.1) is 0 Å². The minimum absolute atomic E-state index is 0.0331. The Morgan fingerprint density at radius 1 is 1.60 bits per heavy atom. The van der Waals surface area contributed by atoms with Gasteiger partial charge in [0.1, 0.15) is 5.60 Å². The molecule has 0 aromatic rings. The molecule has 5 heteroatoms. The molecule has 0 aromatic carbocycles. The molecule has 1 atom stereocenters. The lowest BCUT2D eigenvalue weighted by atomic mass is 10.2. The summed E-state index contributed by atoms with van der Waals surface area (Å²) < 4.78 is 5.12. The summed E-state index contributed by atoms with van der Waals surface area (Å²) in [6.45, 7) is 5.46. The van der Waals surface area contributed by atoms with Crippen molar-refractivity contribution in [3.05, 3.63) is 0 Å². The first-order chi connectivity index (χ1) is 6.90. The minimum Gasteiger partial charge on any atom is -0.444 e. The zero-order valence-corrected chi connectivity index (χ0v) is 9.41. The molecule has 0 heterocycles. The summed E-state index contributed by atoms with van der Waals surface area (Å²) in [5, 5.41) is 14.4. The lowest BCUT2D eigenvalue weighted by molar-refractivity contribution is 0.0506. The molecule has 1 fully saturated rings. The summed E-state index contributed by atoms with van der Waals surface area (Å²) in [4.78, 5) is 11.4. The molecule has 2 N–H and O–H groups in total. The Kier molecular flexibility index (Phi) is 3.55. The van der Waals surface area contributed by atoms with Crippen LogP contribution in [0.2, 0.25) is 0 Å². The highest BCUT2D eigenvalue weighted by Gasteiger charge is 2.25. The van der Waals surface area contributed by atoms with E-state index in [4.69, 9.17) is 9.94 Å². The van der Waals surface area contributed by atoms with Crippen molar-refractivity contribution >= 4 is 11.8 Å². The van der Waals surface area contributed by atoms with Crippen LogP contribution in [0.25, 0.3) is 0 Å². The molecule has 0 radical (unpaired) electrons. The minimum atomic E-state index is -0.476. The summed E-state index contributed by atoms with van der Waals surface area (Å²) in [7, 11) is 0. The van der Waals surface area contributed by atoms with Gasteiger partial charge in [0, 0.05) is 12.5 Å². The molecule has 15 heavy (non-hydrogen) atoms. The topological polar surface area (TPSA) is 70.9 Å². The SMILES string of the molecule is CC(C)(C)OC(=O)NC1CC/C(=N\O)C1. The van der Waals surface area contributed by atoms with Crippen LogP contribution in [0.1, 0.15) is 40.0 Å². The van der Waals surface area contributed by atoms with Crippen LogP contribution in [0.4, 0.5) is 4.79 Å². The Labute approximate surface area is 89.5 Å². The fourth-order valence-electron chi connectivity index (χ4n) is 1.52. The average Bonchev–Trinajstić information content (AvgIpc) is 2.48. The number of alkyl carbamates (subject to hydrolysis) is 1. The second-order valence-corrected chi connectivity index (χ2v) is 4.75. The van der Waals surface area contributed by atoms with Crippen molar-refractivity contribution in [3.8, 4) is 0 Å². The largest absolute Gasteiger partial charge is 0.444 e. The van der Waals surface area contributed by atoms with Crippen LogP contribution in [0.3, 0.4) is 0 Å². The van der Waals surface area contributed by atoms with Crippen LogP contribution >= 0.6 is 0 Å². The molecule has 0 saturated heterocycles. The first-order valence-corrected chi connectivity index (χ1v) is 5.10. The maximum absolute atomic E-state index is 11.4. The van der Waals surface area contributed by atoms with E-state index >= 15 is 0 Å². The first-order valence-electron chi connectivity index (χ1n) is 5.10. The van der Waals surface area contributed by atoms with Crippen molar-refractivity contribution in [1.82, 2.24) is 5.32 Å². The zero-order valence-electron chi connectivity index (χ0n) is 9.41.